The van der Waals surface area contributed by atoms with Crippen LogP contribution in [0.3, 0.4) is 0 Å². The van der Waals surface area contributed by atoms with Gasteiger partial charge in [-0.05, 0) is 56.2 Å². The molecular weight excluding hydrogens is 503 g/mol. The zero-order valence-electron chi connectivity index (χ0n) is 18.4. The van der Waals surface area contributed by atoms with Gasteiger partial charge in [0.15, 0.2) is 17.1 Å². The van der Waals surface area contributed by atoms with E-state index in [0.717, 1.165) is 11.3 Å². The highest BCUT2D eigenvalue weighted by atomic mass is 35.5. The minimum Gasteiger partial charge on any atom is -0.483 e. The van der Waals surface area contributed by atoms with E-state index in [1.54, 1.807) is 6.08 Å². The number of nitrogens with one attached hydrogen (secondary N) is 1. The van der Waals surface area contributed by atoms with E-state index in [2.05, 4.69) is 29.0 Å². The van der Waals surface area contributed by atoms with E-state index in [1.807, 2.05) is 36.6 Å². The van der Waals surface area contributed by atoms with Crippen LogP contribution in [0.15, 0.2) is 48.1 Å². The number of anilines is 1. The molecule has 1 aromatic heterocycles. The molecule has 0 bridgehead atoms. The summed E-state index contributed by atoms with van der Waals surface area (Å²) in [6.45, 7) is 10.3. The third kappa shape index (κ3) is 6.44. The predicted molar refractivity (Wildman–Crippen MR) is 136 cm³/mol. The van der Waals surface area contributed by atoms with E-state index >= 15 is 0 Å². The Morgan fingerprint density at radius 2 is 1.88 bits per heavy atom. The maximum Gasteiger partial charge on any atom is 0.234 e. The number of aryl methyl sites for hydroxylation is 2. The summed E-state index contributed by atoms with van der Waals surface area (Å²) in [5.41, 5.74) is 2.74. The van der Waals surface area contributed by atoms with Crippen LogP contribution >= 0.6 is 46.6 Å². The van der Waals surface area contributed by atoms with Crippen molar-refractivity contribution < 1.29 is 9.53 Å². The molecule has 2 aromatic carbocycles. The van der Waals surface area contributed by atoms with Crippen molar-refractivity contribution in [3.05, 3.63) is 75.0 Å². The van der Waals surface area contributed by atoms with E-state index in [1.165, 1.54) is 29.5 Å². The van der Waals surface area contributed by atoms with Crippen LogP contribution in [-0.4, -0.2) is 26.4 Å². The van der Waals surface area contributed by atoms with Crippen molar-refractivity contribution in [3.8, 4) is 5.75 Å². The van der Waals surface area contributed by atoms with Crippen molar-refractivity contribution in [2.75, 3.05) is 11.1 Å². The van der Waals surface area contributed by atoms with Crippen molar-refractivity contribution in [1.82, 2.24) is 14.8 Å². The maximum absolute atomic E-state index is 12.5. The zero-order valence-corrected chi connectivity index (χ0v) is 21.4. The lowest BCUT2D eigenvalue weighted by Gasteiger charge is -2.16. The van der Waals surface area contributed by atoms with Crippen molar-refractivity contribution in [1.29, 1.82) is 0 Å². The van der Waals surface area contributed by atoms with Crippen LogP contribution in [0.1, 0.15) is 30.0 Å². The number of aromatic nitrogens is 3. The summed E-state index contributed by atoms with van der Waals surface area (Å²) in [5.74, 6) is 1.22. The molecule has 6 nitrogen and oxygen atoms in total. The number of amides is 1. The molecule has 0 aliphatic rings. The van der Waals surface area contributed by atoms with Crippen molar-refractivity contribution in [2.24, 2.45) is 0 Å². The van der Waals surface area contributed by atoms with Gasteiger partial charge >= 0.3 is 0 Å². The smallest absolute Gasteiger partial charge is 0.234 e. The predicted octanol–water partition coefficient (Wildman–Crippen LogP) is 6.91. The standard InChI is InChI=1S/C23H23Cl3N4O2S/c1-5-8-30-22(15(4)32-16-7-6-13(2)14(3)9-16)28-29-23(30)33-12-21(31)27-20-11-18(25)17(24)10-19(20)26/h5-7,9-11,15H,1,8,12H2,2-4H3,(H,27,31). The van der Waals surface area contributed by atoms with E-state index in [0.29, 0.717) is 38.3 Å². The second-order valence-electron chi connectivity index (χ2n) is 7.33. The number of thioether (sulfide) groups is 1. The molecule has 1 amide bonds. The van der Waals surface area contributed by atoms with Gasteiger partial charge in [-0.3, -0.25) is 9.36 Å². The average molecular weight is 526 g/mol. The molecule has 0 radical (unpaired) electrons. The number of hydrogen-bond donors (Lipinski definition) is 1. The van der Waals surface area contributed by atoms with Gasteiger partial charge < -0.3 is 10.1 Å². The van der Waals surface area contributed by atoms with Gasteiger partial charge in [0.1, 0.15) is 5.75 Å². The first kappa shape index (κ1) is 25.4. The molecule has 0 spiro atoms. The van der Waals surface area contributed by atoms with Crippen molar-refractivity contribution in [3.63, 3.8) is 0 Å². The number of hydrogen-bond acceptors (Lipinski definition) is 5. The number of rotatable bonds is 9. The molecule has 1 N–H and O–H groups in total. The Bertz CT molecular complexity index is 1180. The molecule has 0 aliphatic heterocycles. The Kier molecular flexibility index (Phi) is 8.70. The van der Waals surface area contributed by atoms with E-state index in [4.69, 9.17) is 39.5 Å². The molecule has 0 aliphatic carbocycles. The Hall–Kier alpha value is -2.19. The third-order valence-electron chi connectivity index (χ3n) is 4.83. The van der Waals surface area contributed by atoms with Crippen LogP contribution < -0.4 is 10.1 Å². The fourth-order valence-electron chi connectivity index (χ4n) is 2.99. The van der Waals surface area contributed by atoms with Crippen LogP contribution in [0.25, 0.3) is 0 Å². The average Bonchev–Trinajstić information content (AvgIpc) is 3.16. The summed E-state index contributed by atoms with van der Waals surface area (Å²) in [6, 6.07) is 8.94. The topological polar surface area (TPSA) is 69.0 Å². The van der Waals surface area contributed by atoms with Crippen molar-refractivity contribution >= 4 is 58.2 Å². The minimum absolute atomic E-state index is 0.0955. The summed E-state index contributed by atoms with van der Waals surface area (Å²) < 4.78 is 7.97. The molecule has 1 heterocycles. The molecule has 0 fully saturated rings. The van der Waals surface area contributed by atoms with E-state index < -0.39 is 0 Å². The summed E-state index contributed by atoms with van der Waals surface area (Å²) in [6.07, 6.45) is 1.40. The van der Waals surface area contributed by atoms with Crippen LogP contribution in [0.5, 0.6) is 5.75 Å². The van der Waals surface area contributed by atoms with Gasteiger partial charge in [-0.1, -0.05) is 58.7 Å². The van der Waals surface area contributed by atoms with Crippen LogP contribution in [-0.2, 0) is 11.3 Å². The first-order valence-corrected chi connectivity index (χ1v) is 12.2. The van der Waals surface area contributed by atoms with Gasteiger partial charge in [-0.2, -0.15) is 0 Å². The highest BCUT2D eigenvalue weighted by molar-refractivity contribution is 7.99. The molecule has 1 unspecified atom stereocenters. The van der Waals surface area contributed by atoms with Gasteiger partial charge in [0, 0.05) is 6.54 Å². The fraction of sp³-hybridized carbons (Fsp3) is 0.261. The quantitative estimate of drug-likeness (QED) is 0.187. The largest absolute Gasteiger partial charge is 0.483 e. The van der Waals surface area contributed by atoms with Crippen LogP contribution in [0.4, 0.5) is 5.69 Å². The van der Waals surface area contributed by atoms with Crippen LogP contribution in [0.2, 0.25) is 15.1 Å². The number of carbonyl (C=O) groups is 1. The monoisotopic (exact) mass is 524 g/mol. The first-order chi connectivity index (χ1) is 15.7. The molecule has 0 saturated carbocycles. The second-order valence-corrected chi connectivity index (χ2v) is 9.49. The number of halogens is 3. The highest BCUT2D eigenvalue weighted by Gasteiger charge is 2.20. The molecular formula is C23H23Cl3N4O2S. The Labute approximate surface area is 212 Å². The minimum atomic E-state index is -0.349. The third-order valence-corrected chi connectivity index (χ3v) is 6.83. The number of benzene rings is 2. The van der Waals surface area contributed by atoms with Gasteiger partial charge in [0.25, 0.3) is 0 Å². The summed E-state index contributed by atoms with van der Waals surface area (Å²) in [5, 5.41) is 12.8. The Balaban J connectivity index is 1.69. The zero-order chi connectivity index (χ0) is 24.1. The summed E-state index contributed by atoms with van der Waals surface area (Å²) >= 11 is 19.3. The molecule has 3 rings (SSSR count). The van der Waals surface area contributed by atoms with Gasteiger partial charge in [-0.15, -0.1) is 16.8 Å². The number of carbonyl (C=O) groups excluding carboxylic acids is 1. The lowest BCUT2D eigenvalue weighted by molar-refractivity contribution is -0.113. The number of ether oxygens (including phenoxy) is 1. The summed E-state index contributed by atoms with van der Waals surface area (Å²) in [4.78, 5) is 12.5. The molecule has 0 saturated heterocycles. The fourth-order valence-corrected chi connectivity index (χ4v) is 4.34. The van der Waals surface area contributed by atoms with E-state index in [-0.39, 0.29) is 17.8 Å². The lowest BCUT2D eigenvalue weighted by Crippen LogP contribution is -2.16. The highest BCUT2D eigenvalue weighted by Crippen LogP contribution is 2.32. The molecule has 10 heteroatoms. The number of allylic oxidation sites excluding steroid dienone is 1. The van der Waals surface area contributed by atoms with E-state index in [9.17, 15) is 4.79 Å². The lowest BCUT2D eigenvalue weighted by atomic mass is 10.1. The molecule has 3 aromatic rings. The maximum atomic E-state index is 12.5. The Morgan fingerprint density at radius 1 is 1.15 bits per heavy atom. The second kappa shape index (κ2) is 11.3. The summed E-state index contributed by atoms with van der Waals surface area (Å²) in [7, 11) is 0. The normalized spacial score (nSPS) is 11.8. The van der Waals surface area contributed by atoms with Gasteiger partial charge in [0.2, 0.25) is 5.91 Å². The van der Waals surface area contributed by atoms with Gasteiger partial charge in [-0.25, -0.2) is 0 Å². The van der Waals surface area contributed by atoms with Crippen LogP contribution in [0, 0.1) is 13.8 Å². The van der Waals surface area contributed by atoms with Crippen molar-refractivity contribution in [2.45, 2.75) is 38.6 Å². The first-order valence-electron chi connectivity index (χ1n) is 10.0. The molecule has 1 atom stereocenters. The SMILES string of the molecule is C=CCn1c(SCC(=O)Nc2cc(Cl)c(Cl)cc2Cl)nnc1C(C)Oc1ccc(C)c(C)c1. The Morgan fingerprint density at radius 3 is 2.58 bits per heavy atom. The van der Waals surface area contributed by atoms with Gasteiger partial charge in [0.05, 0.1) is 26.5 Å². The molecule has 33 heavy (non-hydrogen) atoms. The number of nitrogens with zero attached hydrogens (tertiary/aromatic N) is 3. The molecule has 174 valence electrons.